The lowest BCUT2D eigenvalue weighted by molar-refractivity contribution is 0.680. The molecule has 0 bridgehead atoms. The molecule has 1 heterocycles. The molecule has 1 aromatic heterocycles. The van der Waals surface area contributed by atoms with Gasteiger partial charge in [0.2, 0.25) is 5.95 Å². The number of rotatable bonds is 5. The van der Waals surface area contributed by atoms with Crippen LogP contribution in [-0.4, -0.2) is 20.7 Å². The summed E-state index contributed by atoms with van der Waals surface area (Å²) < 4.78 is 12.1. The number of aromatic amines is 1. The lowest BCUT2D eigenvalue weighted by Crippen LogP contribution is -2.01. The van der Waals surface area contributed by atoms with Crippen LogP contribution in [0.3, 0.4) is 0 Å². The Bertz CT molecular complexity index is 571. The number of anilines is 1. The monoisotopic (exact) mass is 259 g/mol. The number of terminal acetylenes is 1. The van der Waals surface area contributed by atoms with E-state index in [2.05, 4.69) is 21.2 Å². The van der Waals surface area contributed by atoms with Crippen molar-refractivity contribution in [2.75, 3.05) is 11.9 Å². The molecule has 0 aliphatic heterocycles. The fourth-order valence-corrected chi connectivity index (χ4v) is 2.48. The van der Waals surface area contributed by atoms with Gasteiger partial charge in [-0.2, -0.15) is 0 Å². The Balaban J connectivity index is 2.01. The first kappa shape index (κ1) is 12.4. The molecule has 0 radical (unpaired) electrons. The van der Waals surface area contributed by atoms with Crippen molar-refractivity contribution in [2.24, 2.45) is 0 Å². The van der Waals surface area contributed by atoms with Gasteiger partial charge >= 0.3 is 0 Å². The Morgan fingerprint density at radius 2 is 2.17 bits per heavy atom. The van der Waals surface area contributed by atoms with Gasteiger partial charge in [0.25, 0.3) is 0 Å². The largest absolute Gasteiger partial charge is 0.345 e. The van der Waals surface area contributed by atoms with Crippen LogP contribution in [-0.2, 0) is 16.6 Å². The van der Waals surface area contributed by atoms with E-state index in [-0.39, 0.29) is 0 Å². The van der Waals surface area contributed by atoms with E-state index in [4.69, 9.17) is 6.42 Å². The van der Waals surface area contributed by atoms with E-state index in [0.29, 0.717) is 23.3 Å². The molecule has 18 heavy (non-hydrogen) atoms. The van der Waals surface area contributed by atoms with Crippen molar-refractivity contribution in [2.45, 2.75) is 10.8 Å². The molecule has 1 atom stereocenters. The molecule has 2 rings (SSSR count). The highest BCUT2D eigenvalue weighted by atomic mass is 32.2. The van der Waals surface area contributed by atoms with Gasteiger partial charge in [-0.05, 0) is 5.56 Å². The van der Waals surface area contributed by atoms with Gasteiger partial charge in [0, 0.05) is 0 Å². The predicted octanol–water partition coefficient (Wildman–Crippen LogP) is 1.76. The standard InChI is InChI=1S/C13H13N3OS/c1-2-8-14-13-15-9-12(16-13)18(17)10-11-6-4-3-5-7-11/h1,3-7,9H,8,10H2,(H2,14,15,16). The molecule has 0 aliphatic rings. The smallest absolute Gasteiger partial charge is 0.201 e. The summed E-state index contributed by atoms with van der Waals surface area (Å²) in [5.41, 5.74) is 1.03. The summed E-state index contributed by atoms with van der Waals surface area (Å²) in [7, 11) is -1.13. The molecule has 0 saturated carbocycles. The summed E-state index contributed by atoms with van der Waals surface area (Å²) in [5.74, 6) is 3.46. The second kappa shape index (κ2) is 6.03. The maximum atomic E-state index is 12.1. The van der Waals surface area contributed by atoms with Crippen molar-refractivity contribution in [1.29, 1.82) is 0 Å². The fraction of sp³-hybridized carbons (Fsp3) is 0.154. The Kier molecular flexibility index (Phi) is 4.15. The highest BCUT2D eigenvalue weighted by Gasteiger charge is 2.08. The summed E-state index contributed by atoms with van der Waals surface area (Å²) in [4.78, 5) is 7.01. The van der Waals surface area contributed by atoms with Gasteiger partial charge in [0.15, 0.2) is 0 Å². The van der Waals surface area contributed by atoms with E-state index in [1.54, 1.807) is 6.20 Å². The second-order valence-electron chi connectivity index (χ2n) is 3.63. The number of aromatic nitrogens is 2. The summed E-state index contributed by atoms with van der Waals surface area (Å²) in [6.07, 6.45) is 6.70. The zero-order valence-electron chi connectivity index (χ0n) is 9.72. The van der Waals surface area contributed by atoms with Gasteiger partial charge < -0.3 is 10.3 Å². The first-order valence-electron chi connectivity index (χ1n) is 5.44. The normalized spacial score (nSPS) is 11.7. The molecule has 0 fully saturated rings. The van der Waals surface area contributed by atoms with E-state index in [9.17, 15) is 4.21 Å². The van der Waals surface area contributed by atoms with Crippen LogP contribution in [0.25, 0.3) is 0 Å². The molecular formula is C13H13N3OS. The van der Waals surface area contributed by atoms with Crippen LogP contribution >= 0.6 is 0 Å². The van der Waals surface area contributed by atoms with Crippen molar-refractivity contribution in [3.8, 4) is 12.3 Å². The van der Waals surface area contributed by atoms with Gasteiger partial charge in [0.1, 0.15) is 5.03 Å². The van der Waals surface area contributed by atoms with Gasteiger partial charge in [-0.15, -0.1) is 6.42 Å². The van der Waals surface area contributed by atoms with E-state index in [1.165, 1.54) is 0 Å². The quantitative estimate of drug-likeness (QED) is 0.804. The van der Waals surface area contributed by atoms with Crippen molar-refractivity contribution < 1.29 is 4.21 Å². The summed E-state index contributed by atoms with van der Waals surface area (Å²) in [5, 5.41) is 3.49. The van der Waals surface area contributed by atoms with Gasteiger partial charge in [-0.3, -0.25) is 4.21 Å². The summed E-state index contributed by atoms with van der Waals surface area (Å²) in [6.45, 7) is 0.387. The lowest BCUT2D eigenvalue weighted by atomic mass is 10.2. The Hall–Kier alpha value is -2.06. The molecule has 0 amide bonds. The van der Waals surface area contributed by atoms with Crippen LogP contribution in [0.2, 0.25) is 0 Å². The fourth-order valence-electron chi connectivity index (χ4n) is 1.45. The molecule has 1 aromatic carbocycles. The van der Waals surface area contributed by atoms with E-state index < -0.39 is 10.8 Å². The number of nitrogens with zero attached hydrogens (tertiary/aromatic N) is 1. The van der Waals surface area contributed by atoms with Crippen molar-refractivity contribution in [3.63, 3.8) is 0 Å². The Morgan fingerprint density at radius 1 is 1.39 bits per heavy atom. The lowest BCUT2D eigenvalue weighted by Gasteiger charge is -2.00. The number of H-pyrrole nitrogens is 1. The minimum Gasteiger partial charge on any atom is -0.345 e. The number of hydrogen-bond donors (Lipinski definition) is 2. The van der Waals surface area contributed by atoms with Gasteiger partial charge in [-0.1, -0.05) is 36.3 Å². The number of nitrogens with one attached hydrogen (secondary N) is 2. The number of imidazole rings is 1. The maximum absolute atomic E-state index is 12.1. The van der Waals surface area contributed by atoms with Crippen LogP contribution in [0.4, 0.5) is 5.95 Å². The zero-order valence-corrected chi connectivity index (χ0v) is 10.5. The minimum atomic E-state index is -1.13. The molecule has 1 unspecified atom stereocenters. The first-order chi connectivity index (χ1) is 8.79. The molecular weight excluding hydrogens is 246 g/mol. The minimum absolute atomic E-state index is 0.387. The molecule has 2 N–H and O–H groups in total. The third kappa shape index (κ3) is 3.22. The second-order valence-corrected chi connectivity index (χ2v) is 5.05. The SMILES string of the molecule is C#CCNc1ncc(S(=O)Cc2ccccc2)[nH]1. The number of benzene rings is 1. The van der Waals surface area contributed by atoms with Crippen LogP contribution < -0.4 is 5.32 Å². The third-order valence-corrected chi connectivity index (χ3v) is 3.59. The van der Waals surface area contributed by atoms with E-state index in [0.717, 1.165) is 5.56 Å². The molecule has 0 aliphatic carbocycles. The van der Waals surface area contributed by atoms with Crippen molar-refractivity contribution >= 4 is 16.7 Å². The van der Waals surface area contributed by atoms with Crippen LogP contribution in [0.15, 0.2) is 41.6 Å². The van der Waals surface area contributed by atoms with Crippen LogP contribution in [0.5, 0.6) is 0 Å². The average molecular weight is 259 g/mol. The van der Waals surface area contributed by atoms with E-state index >= 15 is 0 Å². The summed E-state index contributed by atoms with van der Waals surface area (Å²) in [6, 6.07) is 9.70. The van der Waals surface area contributed by atoms with Gasteiger partial charge in [0.05, 0.1) is 29.3 Å². The summed E-state index contributed by atoms with van der Waals surface area (Å²) >= 11 is 0. The number of hydrogen-bond acceptors (Lipinski definition) is 3. The Labute approximate surface area is 108 Å². The van der Waals surface area contributed by atoms with E-state index in [1.807, 2.05) is 30.3 Å². The molecule has 0 saturated heterocycles. The predicted molar refractivity (Wildman–Crippen MR) is 72.5 cm³/mol. The first-order valence-corrected chi connectivity index (χ1v) is 6.76. The topological polar surface area (TPSA) is 57.8 Å². The van der Waals surface area contributed by atoms with Crippen LogP contribution in [0, 0.1) is 12.3 Å². The maximum Gasteiger partial charge on any atom is 0.201 e. The van der Waals surface area contributed by atoms with Gasteiger partial charge in [-0.25, -0.2) is 4.98 Å². The van der Waals surface area contributed by atoms with Crippen LogP contribution in [0.1, 0.15) is 5.56 Å². The average Bonchev–Trinajstić information content (AvgIpc) is 2.86. The third-order valence-electron chi connectivity index (χ3n) is 2.30. The van der Waals surface area contributed by atoms with Crippen molar-refractivity contribution in [1.82, 2.24) is 9.97 Å². The van der Waals surface area contributed by atoms with Crippen molar-refractivity contribution in [3.05, 3.63) is 42.1 Å². The molecule has 2 aromatic rings. The molecule has 5 heteroatoms. The molecule has 4 nitrogen and oxygen atoms in total. The molecule has 92 valence electrons. The highest BCUT2D eigenvalue weighted by Crippen LogP contribution is 2.11. The highest BCUT2D eigenvalue weighted by molar-refractivity contribution is 7.84. The zero-order chi connectivity index (χ0) is 12.8. The Morgan fingerprint density at radius 3 is 2.89 bits per heavy atom. The molecule has 0 spiro atoms.